The van der Waals surface area contributed by atoms with Gasteiger partial charge in [0, 0.05) is 11.3 Å². The number of nitrogen functional groups attached to an aromatic ring is 1. The lowest BCUT2D eigenvalue weighted by Gasteiger charge is -2.14. The minimum absolute atomic E-state index is 0.170. The molecule has 0 saturated heterocycles. The zero-order valence-corrected chi connectivity index (χ0v) is 13.1. The van der Waals surface area contributed by atoms with E-state index in [0.717, 1.165) is 6.26 Å². The fourth-order valence-electron chi connectivity index (χ4n) is 1.81. The van der Waals surface area contributed by atoms with Gasteiger partial charge in [-0.05, 0) is 36.4 Å². The molecule has 0 unspecified atom stereocenters. The molecule has 112 valence electrons. The number of rotatable bonds is 4. The van der Waals surface area contributed by atoms with E-state index in [2.05, 4.69) is 5.32 Å². The minimum Gasteiger partial charge on any atom is -0.495 e. The molecule has 7 heteroatoms. The highest BCUT2D eigenvalue weighted by Gasteiger charge is 2.11. The second kappa shape index (κ2) is 5.83. The highest BCUT2D eigenvalue weighted by molar-refractivity contribution is 7.90. The molecule has 0 bridgehead atoms. The Morgan fingerprint density at radius 3 is 2.43 bits per heavy atom. The fourth-order valence-corrected chi connectivity index (χ4v) is 2.64. The van der Waals surface area contributed by atoms with Crippen molar-refractivity contribution in [3.8, 4) is 5.75 Å². The highest BCUT2D eigenvalue weighted by Crippen LogP contribution is 2.33. The number of sulfone groups is 1. The zero-order valence-electron chi connectivity index (χ0n) is 11.6. The average Bonchev–Trinajstić information content (AvgIpc) is 2.40. The largest absolute Gasteiger partial charge is 0.495 e. The molecular weight excluding hydrogens is 312 g/mol. The molecule has 0 spiro atoms. The van der Waals surface area contributed by atoms with Gasteiger partial charge in [-0.3, -0.25) is 0 Å². The Kier molecular flexibility index (Phi) is 4.29. The van der Waals surface area contributed by atoms with E-state index in [-0.39, 0.29) is 4.90 Å². The van der Waals surface area contributed by atoms with Crippen LogP contribution in [0.3, 0.4) is 0 Å². The third-order valence-electron chi connectivity index (χ3n) is 2.88. The van der Waals surface area contributed by atoms with Gasteiger partial charge < -0.3 is 15.8 Å². The van der Waals surface area contributed by atoms with Gasteiger partial charge in [0.15, 0.2) is 9.84 Å². The van der Waals surface area contributed by atoms with Crippen molar-refractivity contribution in [1.29, 1.82) is 0 Å². The van der Waals surface area contributed by atoms with Crippen LogP contribution in [-0.2, 0) is 9.84 Å². The van der Waals surface area contributed by atoms with Crippen LogP contribution in [0.1, 0.15) is 0 Å². The molecule has 21 heavy (non-hydrogen) atoms. The van der Waals surface area contributed by atoms with Gasteiger partial charge in [0.05, 0.1) is 29.1 Å². The van der Waals surface area contributed by atoms with Crippen LogP contribution in [-0.4, -0.2) is 21.8 Å². The predicted octanol–water partition coefficient (Wildman–Crippen LogP) is 3.08. The van der Waals surface area contributed by atoms with Gasteiger partial charge in [-0.1, -0.05) is 11.6 Å². The van der Waals surface area contributed by atoms with Crippen molar-refractivity contribution in [2.45, 2.75) is 4.90 Å². The number of benzene rings is 2. The molecular formula is C14H15ClN2O3S. The summed E-state index contributed by atoms with van der Waals surface area (Å²) in [5.74, 6) is 0.603. The molecule has 2 rings (SSSR count). The van der Waals surface area contributed by atoms with Gasteiger partial charge in [0.1, 0.15) is 5.75 Å². The molecule has 0 aliphatic rings. The predicted molar refractivity (Wildman–Crippen MR) is 85.3 cm³/mol. The molecule has 2 aromatic rings. The lowest BCUT2D eigenvalue weighted by molar-refractivity contribution is 0.417. The van der Waals surface area contributed by atoms with Gasteiger partial charge in [0.25, 0.3) is 0 Å². The van der Waals surface area contributed by atoms with Crippen LogP contribution < -0.4 is 15.8 Å². The fraction of sp³-hybridized carbons (Fsp3) is 0.143. The Morgan fingerprint density at radius 1 is 1.14 bits per heavy atom. The monoisotopic (exact) mass is 326 g/mol. The highest BCUT2D eigenvalue weighted by atomic mass is 35.5. The van der Waals surface area contributed by atoms with Crippen LogP contribution in [0.4, 0.5) is 17.1 Å². The molecule has 0 aromatic heterocycles. The maximum Gasteiger partial charge on any atom is 0.175 e. The van der Waals surface area contributed by atoms with E-state index >= 15 is 0 Å². The topological polar surface area (TPSA) is 81.4 Å². The van der Waals surface area contributed by atoms with Crippen molar-refractivity contribution in [2.24, 2.45) is 0 Å². The molecule has 0 saturated carbocycles. The first-order valence-electron chi connectivity index (χ1n) is 6.01. The molecule has 0 amide bonds. The molecule has 0 aliphatic carbocycles. The summed E-state index contributed by atoms with van der Waals surface area (Å²) in [6.45, 7) is 0. The number of hydrogen-bond donors (Lipinski definition) is 2. The number of nitrogens with one attached hydrogen (secondary N) is 1. The average molecular weight is 327 g/mol. The van der Waals surface area contributed by atoms with Gasteiger partial charge in [-0.25, -0.2) is 8.42 Å². The summed E-state index contributed by atoms with van der Waals surface area (Å²) >= 11 is 5.96. The van der Waals surface area contributed by atoms with Crippen LogP contribution in [0.2, 0.25) is 5.02 Å². The van der Waals surface area contributed by atoms with Crippen molar-refractivity contribution in [3.63, 3.8) is 0 Å². The molecule has 0 atom stereocenters. The molecule has 3 N–H and O–H groups in total. The van der Waals surface area contributed by atoms with E-state index in [1.54, 1.807) is 31.4 Å². The third-order valence-corrected chi connectivity index (χ3v) is 4.23. The smallest absolute Gasteiger partial charge is 0.175 e. The lowest BCUT2D eigenvalue weighted by Crippen LogP contribution is -2.02. The third kappa shape index (κ3) is 3.59. The second-order valence-corrected chi connectivity index (χ2v) is 6.94. The maximum absolute atomic E-state index is 11.5. The van der Waals surface area contributed by atoms with Crippen LogP contribution in [0, 0.1) is 0 Å². The minimum atomic E-state index is -3.29. The summed E-state index contributed by atoms with van der Waals surface area (Å²) < 4.78 is 28.2. The molecule has 0 radical (unpaired) electrons. The molecule has 2 aromatic carbocycles. The van der Waals surface area contributed by atoms with Crippen LogP contribution >= 0.6 is 11.6 Å². The summed E-state index contributed by atoms with van der Waals surface area (Å²) in [5.41, 5.74) is 7.43. The van der Waals surface area contributed by atoms with Gasteiger partial charge in [-0.15, -0.1) is 0 Å². The van der Waals surface area contributed by atoms with E-state index in [4.69, 9.17) is 22.1 Å². The second-order valence-electron chi connectivity index (χ2n) is 4.49. The van der Waals surface area contributed by atoms with Crippen LogP contribution in [0.25, 0.3) is 0 Å². The Labute approximate surface area is 128 Å². The van der Waals surface area contributed by atoms with E-state index in [1.807, 2.05) is 0 Å². The van der Waals surface area contributed by atoms with Crippen LogP contribution in [0.5, 0.6) is 5.75 Å². The van der Waals surface area contributed by atoms with Crippen molar-refractivity contribution in [1.82, 2.24) is 0 Å². The van der Waals surface area contributed by atoms with Gasteiger partial charge in [0.2, 0.25) is 0 Å². The standard InChI is InChI=1S/C14H15ClN2O3S/c1-20-14-6-3-9(15)7-13(14)17-12-5-4-10(8-11(12)16)21(2,18)19/h3-8,17H,16H2,1-2H3. The first-order valence-corrected chi connectivity index (χ1v) is 8.28. The Balaban J connectivity index is 2.39. The van der Waals surface area contributed by atoms with Crippen molar-refractivity contribution in [2.75, 3.05) is 24.4 Å². The van der Waals surface area contributed by atoms with E-state index in [0.29, 0.717) is 27.8 Å². The number of halogens is 1. The molecule has 5 nitrogen and oxygen atoms in total. The number of anilines is 3. The number of ether oxygens (including phenoxy) is 1. The lowest BCUT2D eigenvalue weighted by atomic mass is 10.2. The molecule has 0 fully saturated rings. The first-order chi connectivity index (χ1) is 9.81. The van der Waals surface area contributed by atoms with Gasteiger partial charge >= 0.3 is 0 Å². The van der Waals surface area contributed by atoms with E-state index in [1.165, 1.54) is 12.1 Å². The van der Waals surface area contributed by atoms with Gasteiger partial charge in [-0.2, -0.15) is 0 Å². The summed E-state index contributed by atoms with van der Waals surface area (Å²) in [6.07, 6.45) is 1.13. The van der Waals surface area contributed by atoms with Crippen molar-refractivity contribution < 1.29 is 13.2 Å². The van der Waals surface area contributed by atoms with Crippen molar-refractivity contribution >= 4 is 38.5 Å². The van der Waals surface area contributed by atoms with E-state index < -0.39 is 9.84 Å². The summed E-state index contributed by atoms with van der Waals surface area (Å²) in [7, 11) is -1.74. The zero-order chi connectivity index (χ0) is 15.6. The maximum atomic E-state index is 11.5. The van der Waals surface area contributed by atoms with Crippen molar-refractivity contribution in [3.05, 3.63) is 41.4 Å². The summed E-state index contributed by atoms with van der Waals surface area (Å²) in [4.78, 5) is 0.170. The van der Waals surface area contributed by atoms with Crippen LogP contribution in [0.15, 0.2) is 41.3 Å². The SMILES string of the molecule is COc1ccc(Cl)cc1Nc1ccc(S(C)(=O)=O)cc1N. The summed E-state index contributed by atoms with van der Waals surface area (Å²) in [5, 5.41) is 3.63. The van der Waals surface area contributed by atoms with E-state index in [9.17, 15) is 8.42 Å². The number of hydrogen-bond acceptors (Lipinski definition) is 5. The Bertz CT molecular complexity index is 776. The number of nitrogens with two attached hydrogens (primary N) is 1. The first kappa shape index (κ1) is 15.5. The Hall–Kier alpha value is -1.92. The Morgan fingerprint density at radius 2 is 1.86 bits per heavy atom. The normalized spacial score (nSPS) is 11.2. The quantitative estimate of drug-likeness (QED) is 0.844. The molecule has 0 aliphatic heterocycles. The summed E-state index contributed by atoms with van der Waals surface area (Å²) in [6, 6.07) is 9.64. The number of methoxy groups -OCH3 is 1. The molecule has 0 heterocycles.